The molecule has 0 N–H and O–H groups in total. The molecular weight excluding hydrogens is 187 g/mol. The SMILES string of the molecule is C1[I-]CC2CC12. The van der Waals surface area contributed by atoms with Gasteiger partial charge in [0.05, 0.1) is 0 Å². The van der Waals surface area contributed by atoms with Gasteiger partial charge in [-0.2, -0.15) is 0 Å². The molecule has 0 spiro atoms. The molecule has 1 heteroatoms. The van der Waals surface area contributed by atoms with Crippen molar-refractivity contribution < 1.29 is 21.2 Å². The summed E-state index contributed by atoms with van der Waals surface area (Å²) in [5.41, 5.74) is 0. The van der Waals surface area contributed by atoms with Crippen LogP contribution in [0.25, 0.3) is 0 Å². The molecule has 1 saturated heterocycles. The van der Waals surface area contributed by atoms with Crippen molar-refractivity contribution in [3.63, 3.8) is 0 Å². The first-order chi connectivity index (χ1) is 2.97. The van der Waals surface area contributed by atoms with Crippen LogP contribution in [0.5, 0.6) is 0 Å². The van der Waals surface area contributed by atoms with Gasteiger partial charge in [0.25, 0.3) is 0 Å². The van der Waals surface area contributed by atoms with Gasteiger partial charge in [0.1, 0.15) is 0 Å². The number of halogens is 1. The molecule has 1 aliphatic heterocycles. The maximum atomic E-state index is 1.67. The fourth-order valence-electron chi connectivity index (χ4n) is 1.03. The van der Waals surface area contributed by atoms with E-state index in [1.807, 2.05) is 0 Å². The van der Waals surface area contributed by atoms with Gasteiger partial charge in [-0.25, -0.2) is 0 Å². The Morgan fingerprint density at radius 2 is 1.83 bits per heavy atom. The summed E-state index contributed by atoms with van der Waals surface area (Å²) in [4.78, 5) is 0. The normalized spacial score (nSPS) is 53.3. The Bertz CT molecular complexity index is 62.3. The summed E-state index contributed by atoms with van der Waals surface area (Å²) >= 11 is 0.752. The third-order valence-corrected chi connectivity index (χ3v) is 5.19. The van der Waals surface area contributed by atoms with Crippen LogP contribution in [0.4, 0.5) is 0 Å². The van der Waals surface area contributed by atoms with Gasteiger partial charge in [-0.05, 0) is 0 Å². The van der Waals surface area contributed by atoms with Gasteiger partial charge < -0.3 is 0 Å². The van der Waals surface area contributed by atoms with Gasteiger partial charge in [0, 0.05) is 0 Å². The Kier molecular flexibility index (Phi) is 0.686. The summed E-state index contributed by atoms with van der Waals surface area (Å²) < 4.78 is 3.34. The van der Waals surface area contributed by atoms with E-state index >= 15 is 0 Å². The summed E-state index contributed by atoms with van der Waals surface area (Å²) in [6.45, 7) is 0. The Morgan fingerprint density at radius 1 is 1.17 bits per heavy atom. The molecule has 2 rings (SSSR count). The van der Waals surface area contributed by atoms with Crippen molar-refractivity contribution in [3.05, 3.63) is 0 Å². The van der Waals surface area contributed by atoms with E-state index in [0.717, 1.165) is 21.2 Å². The number of alkyl halides is 2. The fraction of sp³-hybridized carbons (Fsp3) is 1.00. The molecule has 2 atom stereocenters. The zero-order valence-corrected chi connectivity index (χ0v) is 5.81. The van der Waals surface area contributed by atoms with Crippen molar-refractivity contribution in [1.82, 2.24) is 0 Å². The molecule has 1 aliphatic carbocycles. The summed E-state index contributed by atoms with van der Waals surface area (Å²) in [5.74, 6) is 2.52. The van der Waals surface area contributed by atoms with Gasteiger partial charge in [-0.3, -0.25) is 0 Å². The van der Waals surface area contributed by atoms with Gasteiger partial charge in [-0.15, -0.1) is 0 Å². The van der Waals surface area contributed by atoms with E-state index < -0.39 is 0 Å². The summed E-state index contributed by atoms with van der Waals surface area (Å²) in [7, 11) is 0. The molecule has 0 radical (unpaired) electrons. The van der Waals surface area contributed by atoms with Crippen LogP contribution in [0, 0.1) is 11.8 Å². The second kappa shape index (κ2) is 1.11. The molecule has 2 fully saturated rings. The van der Waals surface area contributed by atoms with Crippen molar-refractivity contribution in [2.75, 3.05) is 8.86 Å². The fourth-order valence-corrected chi connectivity index (χ4v) is 5.15. The quantitative estimate of drug-likeness (QED) is 0.302. The van der Waals surface area contributed by atoms with Gasteiger partial charge >= 0.3 is 48.3 Å². The van der Waals surface area contributed by atoms with E-state index in [2.05, 4.69) is 0 Å². The minimum absolute atomic E-state index is 0.752. The Hall–Kier alpha value is 0.730. The third kappa shape index (κ3) is 0.406. The van der Waals surface area contributed by atoms with E-state index in [1.54, 1.807) is 15.3 Å². The minimum atomic E-state index is 0.752. The monoisotopic (exact) mass is 195 g/mol. The van der Waals surface area contributed by atoms with E-state index in [4.69, 9.17) is 0 Å². The Labute approximate surface area is 48.6 Å². The predicted octanol–water partition coefficient (Wildman–Crippen LogP) is -2.27. The third-order valence-electron chi connectivity index (χ3n) is 1.68. The molecule has 0 aromatic carbocycles. The molecular formula is C5H8I-. The van der Waals surface area contributed by atoms with Crippen LogP contribution in [-0.2, 0) is 0 Å². The zero-order valence-electron chi connectivity index (χ0n) is 3.65. The average Bonchev–Trinajstić information content (AvgIpc) is 2.17. The van der Waals surface area contributed by atoms with Crippen molar-refractivity contribution in [1.29, 1.82) is 0 Å². The molecule has 2 aliphatic rings. The second-order valence-electron chi connectivity index (χ2n) is 2.25. The van der Waals surface area contributed by atoms with Crippen LogP contribution in [0.15, 0.2) is 0 Å². The summed E-state index contributed by atoms with van der Waals surface area (Å²) in [6.07, 6.45) is 1.61. The Morgan fingerprint density at radius 3 is 2.00 bits per heavy atom. The number of hydrogen-bond donors (Lipinski definition) is 0. The van der Waals surface area contributed by atoms with Crippen LogP contribution in [0.2, 0.25) is 0 Å². The molecule has 6 heavy (non-hydrogen) atoms. The molecule has 0 aromatic heterocycles. The zero-order chi connectivity index (χ0) is 3.98. The summed E-state index contributed by atoms with van der Waals surface area (Å²) in [6, 6.07) is 0. The molecule has 2 unspecified atom stereocenters. The number of hydrogen-bond acceptors (Lipinski definition) is 0. The van der Waals surface area contributed by atoms with Crippen LogP contribution in [0.3, 0.4) is 0 Å². The van der Waals surface area contributed by atoms with Crippen LogP contribution in [-0.4, -0.2) is 8.86 Å². The van der Waals surface area contributed by atoms with Gasteiger partial charge in [-0.1, -0.05) is 0 Å². The average molecular weight is 195 g/mol. The number of fused-ring (bicyclic) bond motifs is 1. The van der Waals surface area contributed by atoms with Crippen molar-refractivity contribution >= 4 is 0 Å². The topological polar surface area (TPSA) is 0 Å². The molecule has 0 amide bonds. The molecule has 0 aromatic rings. The van der Waals surface area contributed by atoms with Crippen molar-refractivity contribution in [2.24, 2.45) is 11.8 Å². The van der Waals surface area contributed by atoms with Crippen LogP contribution < -0.4 is 21.2 Å². The maximum absolute atomic E-state index is 1.67. The van der Waals surface area contributed by atoms with E-state index in [-0.39, 0.29) is 0 Å². The molecule has 0 bridgehead atoms. The summed E-state index contributed by atoms with van der Waals surface area (Å²) in [5, 5.41) is 0. The molecule has 1 heterocycles. The molecule has 0 nitrogen and oxygen atoms in total. The van der Waals surface area contributed by atoms with Gasteiger partial charge in [0.15, 0.2) is 0 Å². The van der Waals surface area contributed by atoms with Crippen LogP contribution in [0.1, 0.15) is 6.42 Å². The standard InChI is InChI=1S/C5H8I/c1-4-2-6-3-5(1)4/h4-5H,1-3H2/q-1. The second-order valence-corrected chi connectivity index (χ2v) is 5.09. The van der Waals surface area contributed by atoms with Crippen molar-refractivity contribution in [2.45, 2.75) is 6.42 Å². The number of rotatable bonds is 0. The first kappa shape index (κ1) is 3.70. The van der Waals surface area contributed by atoms with Crippen molar-refractivity contribution in [3.8, 4) is 0 Å². The first-order valence-electron chi connectivity index (χ1n) is 2.50. The first-order valence-corrected chi connectivity index (χ1v) is 5.55. The molecule has 1 saturated carbocycles. The molecule has 36 valence electrons. The van der Waals surface area contributed by atoms with Crippen LogP contribution >= 0.6 is 0 Å². The van der Waals surface area contributed by atoms with Gasteiger partial charge in [0.2, 0.25) is 0 Å². The predicted molar refractivity (Wildman–Crippen MR) is 21.3 cm³/mol. The van der Waals surface area contributed by atoms with E-state index in [9.17, 15) is 0 Å². The van der Waals surface area contributed by atoms with E-state index in [0.29, 0.717) is 0 Å². The Balaban J connectivity index is 2.09. The van der Waals surface area contributed by atoms with E-state index in [1.165, 1.54) is 11.8 Å².